The number of benzene rings is 1. The third-order valence-electron chi connectivity index (χ3n) is 2.86. The van der Waals surface area contributed by atoms with Crippen LogP contribution in [0.2, 0.25) is 5.02 Å². The molecular formula is C13H10ClFN2. The van der Waals surface area contributed by atoms with Gasteiger partial charge in [0.15, 0.2) is 0 Å². The number of halogens is 2. The van der Waals surface area contributed by atoms with E-state index in [1.54, 1.807) is 23.7 Å². The summed E-state index contributed by atoms with van der Waals surface area (Å²) in [6, 6.07) is 8.14. The van der Waals surface area contributed by atoms with Gasteiger partial charge in [0.2, 0.25) is 0 Å². The summed E-state index contributed by atoms with van der Waals surface area (Å²) in [5, 5.41) is 9.41. The first kappa shape index (κ1) is 11.7. The molecule has 0 aliphatic heterocycles. The minimum Gasteiger partial charge on any atom is -0.347 e. The van der Waals surface area contributed by atoms with Crippen LogP contribution in [-0.2, 0) is 7.05 Å². The summed E-state index contributed by atoms with van der Waals surface area (Å²) in [6.45, 7) is 1.82. The molecule has 0 bridgehead atoms. The van der Waals surface area contributed by atoms with Crippen LogP contribution in [0.1, 0.15) is 11.3 Å². The highest BCUT2D eigenvalue weighted by Crippen LogP contribution is 2.28. The number of nitriles is 1. The van der Waals surface area contributed by atoms with E-state index < -0.39 is 0 Å². The minimum absolute atomic E-state index is 0.348. The summed E-state index contributed by atoms with van der Waals surface area (Å²) in [5.74, 6) is -0.348. The highest BCUT2D eigenvalue weighted by atomic mass is 35.5. The molecule has 2 nitrogen and oxygen atoms in total. The lowest BCUT2D eigenvalue weighted by Crippen LogP contribution is -1.96. The largest absolute Gasteiger partial charge is 0.347 e. The summed E-state index contributed by atoms with van der Waals surface area (Å²) in [5.41, 5.74) is 2.41. The van der Waals surface area contributed by atoms with E-state index in [0.29, 0.717) is 21.8 Å². The molecule has 0 aliphatic carbocycles. The van der Waals surface area contributed by atoms with Crippen molar-refractivity contribution in [1.82, 2.24) is 4.57 Å². The average molecular weight is 249 g/mol. The van der Waals surface area contributed by atoms with Crippen LogP contribution in [0.5, 0.6) is 0 Å². The van der Waals surface area contributed by atoms with Gasteiger partial charge in [0.1, 0.15) is 11.9 Å². The zero-order valence-corrected chi connectivity index (χ0v) is 10.2. The molecule has 4 heteroatoms. The fourth-order valence-corrected chi connectivity index (χ4v) is 1.94. The molecule has 0 saturated carbocycles. The molecule has 0 atom stereocenters. The maximum absolute atomic E-state index is 13.7. The van der Waals surface area contributed by atoms with Gasteiger partial charge < -0.3 is 4.57 Å². The zero-order chi connectivity index (χ0) is 12.6. The van der Waals surface area contributed by atoms with E-state index in [4.69, 9.17) is 16.9 Å². The van der Waals surface area contributed by atoms with E-state index in [9.17, 15) is 4.39 Å². The van der Waals surface area contributed by atoms with Gasteiger partial charge in [0, 0.05) is 23.3 Å². The van der Waals surface area contributed by atoms with Crippen molar-refractivity contribution >= 4 is 11.6 Å². The smallest absolute Gasteiger partial charge is 0.132 e. The molecule has 0 spiro atoms. The van der Waals surface area contributed by atoms with Gasteiger partial charge in [-0.25, -0.2) is 4.39 Å². The summed E-state index contributed by atoms with van der Waals surface area (Å²) < 4.78 is 15.5. The third-order valence-corrected chi connectivity index (χ3v) is 3.10. The highest BCUT2D eigenvalue weighted by Gasteiger charge is 2.13. The molecule has 0 amide bonds. The molecule has 1 heterocycles. The predicted octanol–water partition coefficient (Wildman–Crippen LogP) is 3.66. The second-order valence-electron chi connectivity index (χ2n) is 3.82. The first-order chi connectivity index (χ1) is 8.04. The van der Waals surface area contributed by atoms with Crippen LogP contribution in [-0.4, -0.2) is 4.57 Å². The van der Waals surface area contributed by atoms with Crippen molar-refractivity contribution in [3.63, 3.8) is 0 Å². The second kappa shape index (κ2) is 4.23. The Balaban J connectivity index is 2.69. The lowest BCUT2D eigenvalue weighted by Gasteiger charge is -2.06. The van der Waals surface area contributed by atoms with Gasteiger partial charge in [-0.2, -0.15) is 5.26 Å². The number of aromatic nitrogens is 1. The molecular weight excluding hydrogens is 239 g/mol. The summed E-state index contributed by atoms with van der Waals surface area (Å²) >= 11 is 5.86. The first-order valence-corrected chi connectivity index (χ1v) is 5.44. The lowest BCUT2D eigenvalue weighted by atomic mass is 10.1. The van der Waals surface area contributed by atoms with Crippen molar-refractivity contribution in [2.45, 2.75) is 6.92 Å². The number of nitrogens with zero attached hydrogens (tertiary/aromatic N) is 2. The van der Waals surface area contributed by atoms with Crippen LogP contribution in [0.4, 0.5) is 4.39 Å². The van der Waals surface area contributed by atoms with E-state index in [1.165, 1.54) is 12.1 Å². The molecule has 2 rings (SSSR count). The van der Waals surface area contributed by atoms with Crippen LogP contribution in [0.25, 0.3) is 11.3 Å². The highest BCUT2D eigenvalue weighted by molar-refractivity contribution is 6.30. The van der Waals surface area contributed by atoms with E-state index >= 15 is 0 Å². The Hall–Kier alpha value is -1.79. The van der Waals surface area contributed by atoms with Crippen LogP contribution in [0, 0.1) is 24.1 Å². The van der Waals surface area contributed by atoms with Crippen LogP contribution in [0.3, 0.4) is 0 Å². The van der Waals surface area contributed by atoms with Crippen molar-refractivity contribution in [1.29, 1.82) is 5.26 Å². The van der Waals surface area contributed by atoms with Crippen LogP contribution in [0.15, 0.2) is 24.3 Å². The summed E-state index contributed by atoms with van der Waals surface area (Å²) in [4.78, 5) is 0. The predicted molar refractivity (Wildman–Crippen MR) is 65.3 cm³/mol. The number of rotatable bonds is 1. The fourth-order valence-electron chi connectivity index (χ4n) is 1.76. The fraction of sp³-hybridized carbons (Fsp3) is 0.154. The Bertz CT molecular complexity index is 623. The monoisotopic (exact) mass is 248 g/mol. The molecule has 17 heavy (non-hydrogen) atoms. The second-order valence-corrected chi connectivity index (χ2v) is 4.26. The maximum atomic E-state index is 13.7. The van der Waals surface area contributed by atoms with E-state index in [-0.39, 0.29) is 5.82 Å². The Morgan fingerprint density at radius 2 is 2.06 bits per heavy atom. The van der Waals surface area contributed by atoms with Crippen molar-refractivity contribution in [3.05, 3.63) is 46.4 Å². The molecule has 0 fully saturated rings. The summed E-state index contributed by atoms with van der Waals surface area (Å²) in [6.07, 6.45) is 0. The standard InChI is InChI=1S/C13H10ClFN2/c1-8-9(7-16)5-13(17(8)2)11-6-10(14)3-4-12(11)15/h3-6H,1-2H3. The molecule has 86 valence electrons. The number of hydrogen-bond donors (Lipinski definition) is 0. The Labute approximate surface area is 104 Å². The van der Waals surface area contributed by atoms with Gasteiger partial charge >= 0.3 is 0 Å². The van der Waals surface area contributed by atoms with E-state index in [0.717, 1.165) is 5.69 Å². The molecule has 0 saturated heterocycles. The van der Waals surface area contributed by atoms with E-state index in [2.05, 4.69) is 6.07 Å². The van der Waals surface area contributed by atoms with Gasteiger partial charge in [-0.15, -0.1) is 0 Å². The molecule has 0 radical (unpaired) electrons. The van der Waals surface area contributed by atoms with Crippen molar-refractivity contribution in [2.24, 2.45) is 7.05 Å². The SMILES string of the molecule is Cc1c(C#N)cc(-c2cc(Cl)ccc2F)n1C. The first-order valence-electron chi connectivity index (χ1n) is 5.06. The molecule has 0 unspecified atom stereocenters. The Kier molecular flexibility index (Phi) is 2.91. The average Bonchev–Trinajstić information content (AvgIpc) is 2.59. The molecule has 1 aromatic heterocycles. The number of hydrogen-bond acceptors (Lipinski definition) is 1. The molecule has 1 aromatic carbocycles. The Morgan fingerprint density at radius 3 is 2.65 bits per heavy atom. The van der Waals surface area contributed by atoms with E-state index in [1.807, 2.05) is 6.92 Å². The summed E-state index contributed by atoms with van der Waals surface area (Å²) in [7, 11) is 1.80. The molecule has 2 aromatic rings. The van der Waals surface area contributed by atoms with Crippen LogP contribution >= 0.6 is 11.6 Å². The van der Waals surface area contributed by atoms with Gasteiger partial charge in [-0.3, -0.25) is 0 Å². The van der Waals surface area contributed by atoms with Gasteiger partial charge in [0.25, 0.3) is 0 Å². The van der Waals surface area contributed by atoms with Crippen LogP contribution < -0.4 is 0 Å². The zero-order valence-electron chi connectivity index (χ0n) is 9.46. The lowest BCUT2D eigenvalue weighted by molar-refractivity contribution is 0.629. The topological polar surface area (TPSA) is 28.7 Å². The van der Waals surface area contributed by atoms with Gasteiger partial charge in [0.05, 0.1) is 11.3 Å². The Morgan fingerprint density at radius 1 is 1.35 bits per heavy atom. The minimum atomic E-state index is -0.348. The van der Waals surface area contributed by atoms with Crippen molar-refractivity contribution in [3.8, 4) is 17.3 Å². The van der Waals surface area contributed by atoms with Crippen molar-refractivity contribution in [2.75, 3.05) is 0 Å². The van der Waals surface area contributed by atoms with Gasteiger partial charge in [-0.05, 0) is 31.2 Å². The van der Waals surface area contributed by atoms with Crippen molar-refractivity contribution < 1.29 is 4.39 Å². The third kappa shape index (κ3) is 1.92. The molecule has 0 aliphatic rings. The normalized spacial score (nSPS) is 10.3. The quantitative estimate of drug-likeness (QED) is 0.757. The van der Waals surface area contributed by atoms with Gasteiger partial charge in [-0.1, -0.05) is 11.6 Å². The molecule has 0 N–H and O–H groups in total. The maximum Gasteiger partial charge on any atom is 0.132 e.